The van der Waals surface area contributed by atoms with E-state index in [4.69, 9.17) is 4.74 Å². The van der Waals surface area contributed by atoms with Crippen LogP contribution in [0.4, 0.5) is 4.79 Å². The standard InChI is InChI=1S/C18H33N7O2.HI/c1-6-10-24(17(26)27-18(2,3)4)11-9-20-16(19-5)23-14-7-8-15-21-13-22-25(15)12-14;/h13-14H,6-12H2,1-5H3,(H2,19,20,23);1H. The fourth-order valence-corrected chi connectivity index (χ4v) is 2.94. The van der Waals surface area contributed by atoms with Gasteiger partial charge in [0.1, 0.15) is 17.8 Å². The second-order valence-electron chi connectivity index (χ2n) is 7.70. The minimum absolute atomic E-state index is 0. The second kappa shape index (κ2) is 11.4. The molecule has 1 unspecified atom stereocenters. The molecule has 1 atom stereocenters. The molecule has 2 N–H and O–H groups in total. The Balaban J connectivity index is 0.00000392. The highest BCUT2D eigenvalue weighted by atomic mass is 127. The fourth-order valence-electron chi connectivity index (χ4n) is 2.94. The van der Waals surface area contributed by atoms with Crippen molar-refractivity contribution in [3.63, 3.8) is 0 Å². The van der Waals surface area contributed by atoms with Gasteiger partial charge in [0.2, 0.25) is 0 Å². The summed E-state index contributed by atoms with van der Waals surface area (Å²) in [5, 5.41) is 11.0. The highest BCUT2D eigenvalue weighted by Gasteiger charge is 2.22. The van der Waals surface area contributed by atoms with E-state index in [-0.39, 0.29) is 36.1 Å². The minimum atomic E-state index is -0.491. The highest BCUT2D eigenvalue weighted by Crippen LogP contribution is 2.11. The largest absolute Gasteiger partial charge is 0.444 e. The molecule has 10 heteroatoms. The molecule has 0 fully saturated rings. The number of hydrogen-bond donors (Lipinski definition) is 2. The topological polar surface area (TPSA) is 96.7 Å². The number of guanidine groups is 1. The Kier molecular flexibility index (Phi) is 9.97. The van der Waals surface area contributed by atoms with Gasteiger partial charge in [-0.3, -0.25) is 4.99 Å². The predicted octanol–water partition coefficient (Wildman–Crippen LogP) is 2.02. The van der Waals surface area contributed by atoms with Gasteiger partial charge in [0, 0.05) is 39.1 Å². The van der Waals surface area contributed by atoms with Crippen LogP contribution in [0, 0.1) is 0 Å². The van der Waals surface area contributed by atoms with Crippen LogP contribution in [0.15, 0.2) is 11.3 Å². The molecule has 1 aliphatic heterocycles. The number of halogens is 1. The Bertz CT molecular complexity index is 642. The lowest BCUT2D eigenvalue weighted by Crippen LogP contribution is -2.49. The summed E-state index contributed by atoms with van der Waals surface area (Å²) < 4.78 is 7.41. The van der Waals surface area contributed by atoms with Crippen molar-refractivity contribution < 1.29 is 9.53 Å². The maximum absolute atomic E-state index is 12.3. The summed E-state index contributed by atoms with van der Waals surface area (Å²) in [6, 6.07) is 0.253. The quantitative estimate of drug-likeness (QED) is 0.348. The van der Waals surface area contributed by atoms with Gasteiger partial charge in [0.25, 0.3) is 0 Å². The fraction of sp³-hybridized carbons (Fsp3) is 0.778. The van der Waals surface area contributed by atoms with Crippen LogP contribution >= 0.6 is 24.0 Å². The van der Waals surface area contributed by atoms with Crippen molar-refractivity contribution in [1.82, 2.24) is 30.3 Å². The lowest BCUT2D eigenvalue weighted by atomic mass is 10.1. The van der Waals surface area contributed by atoms with Crippen molar-refractivity contribution >= 4 is 36.0 Å². The van der Waals surface area contributed by atoms with E-state index in [9.17, 15) is 4.79 Å². The summed E-state index contributed by atoms with van der Waals surface area (Å²) in [4.78, 5) is 22.6. The van der Waals surface area contributed by atoms with Gasteiger partial charge in [-0.05, 0) is 33.6 Å². The number of nitrogens with one attached hydrogen (secondary N) is 2. The van der Waals surface area contributed by atoms with Crippen LogP contribution in [0.2, 0.25) is 0 Å². The summed E-state index contributed by atoms with van der Waals surface area (Å²) in [5.41, 5.74) is -0.491. The molecule has 160 valence electrons. The van der Waals surface area contributed by atoms with Gasteiger partial charge in [-0.2, -0.15) is 5.10 Å². The number of amides is 1. The van der Waals surface area contributed by atoms with Crippen molar-refractivity contribution in [1.29, 1.82) is 0 Å². The first-order valence-corrected chi connectivity index (χ1v) is 9.64. The number of aliphatic imine (C=N–C) groups is 1. The number of fused-ring (bicyclic) bond motifs is 1. The van der Waals surface area contributed by atoms with Gasteiger partial charge in [-0.1, -0.05) is 6.92 Å². The number of ether oxygens (including phenoxy) is 1. The smallest absolute Gasteiger partial charge is 0.410 e. The number of carbonyl (C=O) groups excluding carboxylic acids is 1. The van der Waals surface area contributed by atoms with Crippen molar-refractivity contribution in [2.75, 3.05) is 26.7 Å². The first-order chi connectivity index (χ1) is 12.8. The number of carbonyl (C=O) groups is 1. The molecule has 0 saturated heterocycles. The van der Waals surface area contributed by atoms with Gasteiger partial charge in [0.15, 0.2) is 5.96 Å². The zero-order valence-corrected chi connectivity index (χ0v) is 19.9. The van der Waals surface area contributed by atoms with E-state index in [1.165, 1.54) is 0 Å². The molecule has 0 saturated carbocycles. The Morgan fingerprint density at radius 1 is 1.43 bits per heavy atom. The zero-order chi connectivity index (χ0) is 19.9. The second-order valence-corrected chi connectivity index (χ2v) is 7.70. The van der Waals surface area contributed by atoms with Gasteiger partial charge < -0.3 is 20.3 Å². The Morgan fingerprint density at radius 2 is 2.18 bits per heavy atom. The van der Waals surface area contributed by atoms with Crippen LogP contribution in [0.1, 0.15) is 46.4 Å². The number of rotatable bonds is 6. The molecule has 0 aliphatic carbocycles. The molecular formula is C18H34IN7O2. The monoisotopic (exact) mass is 507 g/mol. The zero-order valence-electron chi connectivity index (χ0n) is 17.6. The first kappa shape index (κ1) is 24.4. The van der Waals surface area contributed by atoms with E-state index < -0.39 is 5.60 Å². The van der Waals surface area contributed by atoms with Gasteiger partial charge in [-0.25, -0.2) is 14.5 Å². The van der Waals surface area contributed by atoms with Crippen molar-refractivity contribution in [2.45, 2.75) is 65.1 Å². The molecule has 1 aliphatic rings. The van der Waals surface area contributed by atoms with Crippen LogP contribution in [0.5, 0.6) is 0 Å². The van der Waals surface area contributed by atoms with Crippen molar-refractivity contribution in [3.8, 4) is 0 Å². The third-order valence-electron chi connectivity index (χ3n) is 4.19. The number of aryl methyl sites for hydroxylation is 1. The minimum Gasteiger partial charge on any atom is -0.444 e. The van der Waals surface area contributed by atoms with Crippen LogP contribution in [-0.4, -0.2) is 70.0 Å². The predicted molar refractivity (Wildman–Crippen MR) is 120 cm³/mol. The molecule has 9 nitrogen and oxygen atoms in total. The van der Waals surface area contributed by atoms with E-state index in [1.807, 2.05) is 32.4 Å². The SMILES string of the molecule is CCCN(CCNC(=NC)NC1CCc2ncnn2C1)C(=O)OC(C)(C)C.I. The lowest BCUT2D eigenvalue weighted by Gasteiger charge is -2.28. The maximum Gasteiger partial charge on any atom is 0.410 e. The summed E-state index contributed by atoms with van der Waals surface area (Å²) >= 11 is 0. The molecule has 28 heavy (non-hydrogen) atoms. The van der Waals surface area contributed by atoms with Crippen molar-refractivity contribution in [2.24, 2.45) is 4.99 Å². The van der Waals surface area contributed by atoms with Crippen molar-refractivity contribution in [3.05, 3.63) is 12.2 Å². The summed E-state index contributed by atoms with van der Waals surface area (Å²) in [6.45, 7) is 10.3. The molecule has 2 heterocycles. The number of hydrogen-bond acceptors (Lipinski definition) is 5. The average Bonchev–Trinajstić information content (AvgIpc) is 3.06. The lowest BCUT2D eigenvalue weighted by molar-refractivity contribution is 0.0253. The number of nitrogens with zero attached hydrogens (tertiary/aromatic N) is 5. The summed E-state index contributed by atoms with van der Waals surface area (Å²) in [5.74, 6) is 1.76. The molecule has 1 aromatic heterocycles. The molecular weight excluding hydrogens is 473 g/mol. The summed E-state index contributed by atoms with van der Waals surface area (Å²) in [7, 11) is 1.75. The van der Waals surface area contributed by atoms with Crippen LogP contribution in [-0.2, 0) is 17.7 Å². The van der Waals surface area contributed by atoms with E-state index >= 15 is 0 Å². The third-order valence-corrected chi connectivity index (χ3v) is 4.19. The van der Waals surface area contributed by atoms with Gasteiger partial charge in [0.05, 0.1) is 6.54 Å². The van der Waals surface area contributed by atoms with Gasteiger partial charge in [-0.15, -0.1) is 24.0 Å². The highest BCUT2D eigenvalue weighted by molar-refractivity contribution is 14.0. The van der Waals surface area contributed by atoms with Gasteiger partial charge >= 0.3 is 6.09 Å². The Morgan fingerprint density at radius 3 is 2.82 bits per heavy atom. The molecule has 0 bridgehead atoms. The Labute approximate surface area is 184 Å². The van der Waals surface area contributed by atoms with Crippen LogP contribution < -0.4 is 10.6 Å². The third kappa shape index (κ3) is 7.80. The van der Waals surface area contributed by atoms with E-state index in [2.05, 4.69) is 25.7 Å². The molecule has 0 radical (unpaired) electrons. The molecule has 1 aromatic rings. The first-order valence-electron chi connectivity index (χ1n) is 9.64. The van der Waals surface area contributed by atoms with Crippen LogP contribution in [0.3, 0.4) is 0 Å². The molecule has 2 rings (SSSR count). The van der Waals surface area contributed by atoms with E-state index in [0.717, 1.165) is 37.6 Å². The maximum atomic E-state index is 12.3. The van der Waals surface area contributed by atoms with E-state index in [1.54, 1.807) is 18.3 Å². The average molecular weight is 507 g/mol. The van der Waals surface area contributed by atoms with E-state index in [0.29, 0.717) is 19.6 Å². The van der Waals surface area contributed by atoms with Crippen LogP contribution in [0.25, 0.3) is 0 Å². The number of aromatic nitrogens is 3. The molecule has 0 aromatic carbocycles. The molecule has 0 spiro atoms. The Hall–Kier alpha value is -1.59. The normalized spacial score (nSPS) is 16.6. The molecule has 1 amide bonds. The summed E-state index contributed by atoms with van der Waals surface area (Å²) in [6.07, 6.45) is 4.09.